The summed E-state index contributed by atoms with van der Waals surface area (Å²) in [6, 6.07) is 7.90. The number of rotatable bonds is 7. The smallest absolute Gasteiger partial charge is 0.257 e. The number of methoxy groups -OCH3 is 1. The van der Waals surface area contributed by atoms with Crippen molar-refractivity contribution in [3.8, 4) is 11.6 Å². The quantitative estimate of drug-likeness (QED) is 0.550. The van der Waals surface area contributed by atoms with Crippen molar-refractivity contribution >= 4 is 28.1 Å². The number of para-hydroxylation sites is 1. The highest BCUT2D eigenvalue weighted by Crippen LogP contribution is 2.24. The molecule has 0 aliphatic heterocycles. The van der Waals surface area contributed by atoms with Crippen molar-refractivity contribution in [1.29, 1.82) is 0 Å². The van der Waals surface area contributed by atoms with E-state index in [2.05, 4.69) is 21.1 Å². The van der Waals surface area contributed by atoms with E-state index in [1.807, 2.05) is 43.3 Å². The number of aromatic nitrogens is 1. The summed E-state index contributed by atoms with van der Waals surface area (Å²) in [5.41, 5.74) is 1.88. The predicted molar refractivity (Wildman–Crippen MR) is 87.1 cm³/mol. The van der Waals surface area contributed by atoms with Crippen LogP contribution in [-0.4, -0.2) is 24.2 Å². The SMILES string of the molecule is COc1noc(C=Cc2ccccc2OCCCBr)c1C. The zero-order valence-corrected chi connectivity index (χ0v) is 13.7. The van der Waals surface area contributed by atoms with Crippen LogP contribution in [0, 0.1) is 6.92 Å². The number of benzene rings is 1. The van der Waals surface area contributed by atoms with Gasteiger partial charge in [-0.15, -0.1) is 0 Å². The van der Waals surface area contributed by atoms with Crippen LogP contribution in [0.5, 0.6) is 11.6 Å². The molecule has 1 heterocycles. The Bertz CT molecular complexity index is 607. The topological polar surface area (TPSA) is 44.5 Å². The molecule has 2 rings (SSSR count). The molecule has 21 heavy (non-hydrogen) atoms. The lowest BCUT2D eigenvalue weighted by Gasteiger charge is -2.07. The van der Waals surface area contributed by atoms with E-state index in [1.54, 1.807) is 7.11 Å². The average Bonchev–Trinajstić information content (AvgIpc) is 2.87. The van der Waals surface area contributed by atoms with Crippen LogP contribution in [-0.2, 0) is 0 Å². The Morgan fingerprint density at radius 1 is 1.29 bits per heavy atom. The summed E-state index contributed by atoms with van der Waals surface area (Å²) in [7, 11) is 1.57. The summed E-state index contributed by atoms with van der Waals surface area (Å²) < 4.78 is 16.1. The molecule has 1 aromatic heterocycles. The van der Waals surface area contributed by atoms with Gasteiger partial charge in [0.2, 0.25) is 0 Å². The monoisotopic (exact) mass is 351 g/mol. The van der Waals surface area contributed by atoms with Crippen LogP contribution in [0.1, 0.15) is 23.3 Å². The van der Waals surface area contributed by atoms with Crippen LogP contribution < -0.4 is 9.47 Å². The zero-order chi connectivity index (χ0) is 15.1. The van der Waals surface area contributed by atoms with Crippen LogP contribution in [0.15, 0.2) is 28.8 Å². The maximum Gasteiger partial charge on any atom is 0.257 e. The van der Waals surface area contributed by atoms with Crippen molar-refractivity contribution in [1.82, 2.24) is 5.16 Å². The van der Waals surface area contributed by atoms with Gasteiger partial charge in [-0.3, -0.25) is 0 Å². The fourth-order valence-corrected chi connectivity index (χ4v) is 2.06. The van der Waals surface area contributed by atoms with Gasteiger partial charge in [-0.1, -0.05) is 34.1 Å². The predicted octanol–water partition coefficient (Wildman–Crippen LogP) is 4.33. The molecule has 0 amide bonds. The first kappa shape index (κ1) is 15.6. The third-order valence-electron chi connectivity index (χ3n) is 2.98. The number of hydrogen-bond acceptors (Lipinski definition) is 4. The summed E-state index contributed by atoms with van der Waals surface area (Å²) in [6.07, 6.45) is 4.80. The van der Waals surface area contributed by atoms with Crippen LogP contribution in [0.4, 0.5) is 0 Å². The Kier molecular flexibility index (Phi) is 5.87. The molecule has 0 aliphatic rings. The molecule has 112 valence electrons. The molecule has 0 bridgehead atoms. The fourth-order valence-electron chi connectivity index (χ4n) is 1.83. The van der Waals surface area contributed by atoms with E-state index in [0.29, 0.717) is 18.2 Å². The second kappa shape index (κ2) is 7.88. The lowest BCUT2D eigenvalue weighted by Crippen LogP contribution is -1.98. The molecule has 0 N–H and O–H groups in total. The first-order valence-corrected chi connectivity index (χ1v) is 7.84. The van der Waals surface area contributed by atoms with Crippen molar-refractivity contribution in [3.63, 3.8) is 0 Å². The minimum absolute atomic E-state index is 0.511. The molecular weight excluding hydrogens is 334 g/mol. The third-order valence-corrected chi connectivity index (χ3v) is 3.54. The molecule has 1 aromatic carbocycles. The van der Waals surface area contributed by atoms with Gasteiger partial charge in [0.05, 0.1) is 19.3 Å². The van der Waals surface area contributed by atoms with Gasteiger partial charge in [0, 0.05) is 10.9 Å². The van der Waals surface area contributed by atoms with E-state index in [4.69, 9.17) is 14.0 Å². The maximum atomic E-state index is 5.77. The Morgan fingerprint density at radius 2 is 2.10 bits per heavy atom. The minimum Gasteiger partial charge on any atom is -0.493 e. The molecular formula is C16H18BrNO3. The van der Waals surface area contributed by atoms with Gasteiger partial charge in [-0.2, -0.15) is 0 Å². The van der Waals surface area contributed by atoms with Gasteiger partial charge in [0.1, 0.15) is 5.75 Å². The second-order valence-corrected chi connectivity index (χ2v) is 5.24. The zero-order valence-electron chi connectivity index (χ0n) is 12.1. The van der Waals surface area contributed by atoms with E-state index in [1.165, 1.54) is 0 Å². The highest BCUT2D eigenvalue weighted by molar-refractivity contribution is 9.09. The van der Waals surface area contributed by atoms with Crippen LogP contribution >= 0.6 is 15.9 Å². The highest BCUT2D eigenvalue weighted by Gasteiger charge is 2.09. The Morgan fingerprint density at radius 3 is 2.81 bits per heavy atom. The average molecular weight is 352 g/mol. The van der Waals surface area contributed by atoms with Crippen LogP contribution in [0.3, 0.4) is 0 Å². The lowest BCUT2D eigenvalue weighted by atomic mass is 10.1. The van der Waals surface area contributed by atoms with Gasteiger partial charge in [-0.25, -0.2) is 0 Å². The van der Waals surface area contributed by atoms with E-state index in [-0.39, 0.29) is 0 Å². The van der Waals surface area contributed by atoms with Gasteiger partial charge >= 0.3 is 0 Å². The highest BCUT2D eigenvalue weighted by atomic mass is 79.9. The van der Waals surface area contributed by atoms with Crippen molar-refractivity contribution in [3.05, 3.63) is 41.2 Å². The Balaban J connectivity index is 2.14. The molecule has 0 spiro atoms. The number of ether oxygens (including phenoxy) is 2. The molecule has 4 nitrogen and oxygen atoms in total. The van der Waals surface area contributed by atoms with Crippen molar-refractivity contribution in [2.45, 2.75) is 13.3 Å². The molecule has 0 atom stereocenters. The molecule has 0 saturated carbocycles. The fraction of sp³-hybridized carbons (Fsp3) is 0.312. The number of hydrogen-bond donors (Lipinski definition) is 0. The van der Waals surface area contributed by atoms with Crippen LogP contribution in [0.2, 0.25) is 0 Å². The first-order chi connectivity index (χ1) is 10.3. The summed E-state index contributed by atoms with van der Waals surface area (Å²) in [6.45, 7) is 2.60. The van der Waals surface area contributed by atoms with E-state index in [0.717, 1.165) is 28.6 Å². The maximum absolute atomic E-state index is 5.77. The van der Waals surface area contributed by atoms with Gasteiger partial charge in [-0.05, 0) is 36.7 Å². The van der Waals surface area contributed by atoms with E-state index >= 15 is 0 Å². The summed E-state index contributed by atoms with van der Waals surface area (Å²) >= 11 is 3.39. The summed E-state index contributed by atoms with van der Waals surface area (Å²) in [4.78, 5) is 0. The van der Waals surface area contributed by atoms with Crippen LogP contribution in [0.25, 0.3) is 12.2 Å². The molecule has 0 unspecified atom stereocenters. The molecule has 0 fully saturated rings. The minimum atomic E-state index is 0.511. The molecule has 0 radical (unpaired) electrons. The number of nitrogens with zero attached hydrogens (tertiary/aromatic N) is 1. The molecule has 5 heteroatoms. The lowest BCUT2D eigenvalue weighted by molar-refractivity contribution is 0.318. The van der Waals surface area contributed by atoms with Gasteiger partial charge in [0.15, 0.2) is 5.76 Å². The van der Waals surface area contributed by atoms with Crippen molar-refractivity contribution < 1.29 is 14.0 Å². The van der Waals surface area contributed by atoms with Crippen molar-refractivity contribution in [2.75, 3.05) is 19.0 Å². The number of halogens is 1. The summed E-state index contributed by atoms with van der Waals surface area (Å²) in [5, 5.41) is 4.78. The normalized spacial score (nSPS) is 11.0. The Labute approximate surface area is 132 Å². The first-order valence-electron chi connectivity index (χ1n) is 6.72. The number of alkyl halides is 1. The second-order valence-electron chi connectivity index (χ2n) is 4.44. The molecule has 0 aliphatic carbocycles. The van der Waals surface area contributed by atoms with Crippen molar-refractivity contribution in [2.24, 2.45) is 0 Å². The summed E-state index contributed by atoms with van der Waals surface area (Å²) in [5.74, 6) is 2.05. The largest absolute Gasteiger partial charge is 0.493 e. The van der Waals surface area contributed by atoms with Gasteiger partial charge in [0.25, 0.3) is 5.88 Å². The third kappa shape index (κ3) is 4.11. The molecule has 2 aromatic rings. The van der Waals surface area contributed by atoms with E-state index < -0.39 is 0 Å². The van der Waals surface area contributed by atoms with Gasteiger partial charge < -0.3 is 14.0 Å². The van der Waals surface area contributed by atoms with E-state index in [9.17, 15) is 0 Å². The molecule has 0 saturated heterocycles. The standard InChI is InChI=1S/C16H18BrNO3/c1-12-14(21-18-16(12)19-2)9-8-13-6-3-4-7-15(13)20-11-5-10-17/h3-4,6-9H,5,10-11H2,1-2H3. The Hall–Kier alpha value is -1.75.